The molecule has 0 radical (unpaired) electrons. The lowest BCUT2D eigenvalue weighted by atomic mass is 10.0. The van der Waals surface area contributed by atoms with E-state index < -0.39 is 5.97 Å². The third kappa shape index (κ3) is 6.65. The molecule has 0 atom stereocenters. The number of carbonyl (C=O) groups is 3. The highest BCUT2D eigenvalue weighted by atomic mass is 16.5. The van der Waals surface area contributed by atoms with Crippen LogP contribution in [0.3, 0.4) is 0 Å². The zero-order valence-electron chi connectivity index (χ0n) is 19.1. The minimum atomic E-state index is -0.498. The fourth-order valence-electron chi connectivity index (χ4n) is 3.74. The zero-order valence-corrected chi connectivity index (χ0v) is 19.1. The minimum Gasteiger partial charge on any atom is -0.456 e. The van der Waals surface area contributed by atoms with Gasteiger partial charge in [0.05, 0.1) is 0 Å². The Hall–Kier alpha value is -3.67. The summed E-state index contributed by atoms with van der Waals surface area (Å²) in [7, 11) is 0. The molecule has 2 amide bonds. The van der Waals surface area contributed by atoms with E-state index in [1.54, 1.807) is 0 Å². The van der Waals surface area contributed by atoms with Crippen LogP contribution in [0, 0.1) is 0 Å². The lowest BCUT2D eigenvalue weighted by Crippen LogP contribution is -2.22. The Morgan fingerprint density at radius 2 is 1.42 bits per heavy atom. The number of esters is 1. The van der Waals surface area contributed by atoms with Crippen molar-refractivity contribution in [3.63, 3.8) is 0 Å². The van der Waals surface area contributed by atoms with Crippen LogP contribution in [-0.4, -0.2) is 24.4 Å². The van der Waals surface area contributed by atoms with Gasteiger partial charge in [-0.25, -0.2) is 0 Å². The number of benzene rings is 3. The first-order valence-corrected chi connectivity index (χ1v) is 11.4. The SMILES string of the molecule is CCc1cccc(CC)c1NC(=O)COC(=O)CCCC(=O)Nc1cccc2ccccc12. The molecule has 0 bridgehead atoms. The summed E-state index contributed by atoms with van der Waals surface area (Å²) in [5.41, 5.74) is 3.64. The van der Waals surface area contributed by atoms with Crippen LogP contribution in [0.25, 0.3) is 10.8 Å². The lowest BCUT2D eigenvalue weighted by molar-refractivity contribution is -0.147. The third-order valence-corrected chi connectivity index (χ3v) is 5.48. The zero-order chi connectivity index (χ0) is 23.6. The summed E-state index contributed by atoms with van der Waals surface area (Å²) in [6, 6.07) is 19.5. The number of para-hydroxylation sites is 1. The highest BCUT2D eigenvalue weighted by Gasteiger charge is 2.13. The summed E-state index contributed by atoms with van der Waals surface area (Å²) < 4.78 is 5.10. The van der Waals surface area contributed by atoms with Gasteiger partial charge in [0, 0.05) is 29.6 Å². The number of amides is 2. The van der Waals surface area contributed by atoms with Crippen LogP contribution in [0.1, 0.15) is 44.2 Å². The van der Waals surface area contributed by atoms with E-state index in [4.69, 9.17) is 4.74 Å². The Morgan fingerprint density at radius 3 is 2.15 bits per heavy atom. The van der Waals surface area contributed by atoms with Crippen molar-refractivity contribution in [2.24, 2.45) is 0 Å². The number of fused-ring (bicyclic) bond motifs is 1. The Bertz CT molecular complexity index is 1110. The van der Waals surface area contributed by atoms with Gasteiger partial charge >= 0.3 is 5.97 Å². The van der Waals surface area contributed by atoms with Crippen LogP contribution >= 0.6 is 0 Å². The summed E-state index contributed by atoms with van der Waals surface area (Å²) in [6.45, 7) is 3.71. The van der Waals surface area contributed by atoms with E-state index in [1.165, 1.54) is 0 Å². The molecule has 0 fully saturated rings. The second kappa shape index (κ2) is 11.8. The Balaban J connectivity index is 1.42. The predicted molar refractivity (Wildman–Crippen MR) is 131 cm³/mol. The maximum absolute atomic E-state index is 12.3. The van der Waals surface area contributed by atoms with Crippen molar-refractivity contribution in [3.8, 4) is 0 Å². The van der Waals surface area contributed by atoms with Crippen LogP contribution in [0.15, 0.2) is 60.7 Å². The van der Waals surface area contributed by atoms with E-state index in [9.17, 15) is 14.4 Å². The van der Waals surface area contributed by atoms with Gasteiger partial charge in [-0.3, -0.25) is 14.4 Å². The monoisotopic (exact) mass is 446 g/mol. The maximum atomic E-state index is 12.3. The van der Waals surface area contributed by atoms with Crippen LogP contribution in [0.5, 0.6) is 0 Å². The van der Waals surface area contributed by atoms with E-state index in [0.29, 0.717) is 6.42 Å². The average Bonchev–Trinajstić information content (AvgIpc) is 2.83. The Labute approximate surface area is 194 Å². The molecular formula is C27H30N2O4. The van der Waals surface area contributed by atoms with Crippen molar-refractivity contribution in [1.29, 1.82) is 0 Å². The summed E-state index contributed by atoms with van der Waals surface area (Å²) in [5, 5.41) is 7.79. The summed E-state index contributed by atoms with van der Waals surface area (Å²) in [4.78, 5) is 36.6. The first-order valence-electron chi connectivity index (χ1n) is 11.4. The van der Waals surface area contributed by atoms with Crippen molar-refractivity contribution < 1.29 is 19.1 Å². The molecule has 0 spiro atoms. The first kappa shape index (κ1) is 24.0. The van der Waals surface area contributed by atoms with Gasteiger partial charge < -0.3 is 15.4 Å². The van der Waals surface area contributed by atoms with E-state index >= 15 is 0 Å². The fraction of sp³-hybridized carbons (Fsp3) is 0.296. The summed E-state index contributed by atoms with van der Waals surface area (Å²) in [6.07, 6.45) is 2.19. The van der Waals surface area contributed by atoms with Gasteiger partial charge in [-0.1, -0.05) is 68.4 Å². The fourth-order valence-corrected chi connectivity index (χ4v) is 3.74. The molecule has 3 aromatic rings. The topological polar surface area (TPSA) is 84.5 Å². The van der Waals surface area contributed by atoms with Gasteiger partial charge in [-0.15, -0.1) is 0 Å². The summed E-state index contributed by atoms with van der Waals surface area (Å²) in [5.74, 6) is -1.03. The Morgan fingerprint density at radius 1 is 0.758 bits per heavy atom. The van der Waals surface area contributed by atoms with Gasteiger partial charge in [0.15, 0.2) is 6.61 Å². The molecule has 3 aromatic carbocycles. The molecule has 0 aromatic heterocycles. The van der Waals surface area contributed by atoms with E-state index in [2.05, 4.69) is 10.6 Å². The van der Waals surface area contributed by atoms with Crippen molar-refractivity contribution >= 4 is 39.9 Å². The number of nitrogens with one attached hydrogen (secondary N) is 2. The molecule has 3 rings (SSSR count). The highest BCUT2D eigenvalue weighted by Crippen LogP contribution is 2.24. The number of rotatable bonds is 10. The molecule has 0 aliphatic heterocycles. The van der Waals surface area contributed by atoms with E-state index in [-0.39, 0.29) is 31.3 Å². The lowest BCUT2D eigenvalue weighted by Gasteiger charge is -2.14. The first-order chi connectivity index (χ1) is 16.0. The van der Waals surface area contributed by atoms with Gasteiger partial charge in [-0.2, -0.15) is 0 Å². The molecule has 6 heteroatoms. The molecule has 6 nitrogen and oxygen atoms in total. The molecule has 0 heterocycles. The second-order valence-electron chi connectivity index (χ2n) is 7.80. The van der Waals surface area contributed by atoms with Crippen molar-refractivity contribution in [2.75, 3.05) is 17.2 Å². The standard InChI is InChI=1S/C27H30N2O4/c1-3-19-11-7-12-20(4-2)27(19)29-25(31)18-33-26(32)17-9-16-24(30)28-23-15-8-13-21-10-5-6-14-22(21)23/h5-8,10-15H,3-4,9,16-18H2,1-2H3,(H,28,30)(H,29,31). The summed E-state index contributed by atoms with van der Waals surface area (Å²) >= 11 is 0. The number of anilines is 2. The number of hydrogen-bond acceptors (Lipinski definition) is 4. The maximum Gasteiger partial charge on any atom is 0.306 e. The predicted octanol–water partition coefficient (Wildman–Crippen LogP) is 5.26. The minimum absolute atomic E-state index is 0.0714. The van der Waals surface area contributed by atoms with Crippen LogP contribution in [-0.2, 0) is 32.0 Å². The molecule has 172 valence electrons. The van der Waals surface area contributed by atoms with Crippen molar-refractivity contribution in [3.05, 3.63) is 71.8 Å². The van der Waals surface area contributed by atoms with E-state index in [1.807, 2.05) is 74.5 Å². The van der Waals surface area contributed by atoms with Gasteiger partial charge in [0.2, 0.25) is 5.91 Å². The van der Waals surface area contributed by atoms with Crippen LogP contribution in [0.4, 0.5) is 11.4 Å². The molecule has 2 N–H and O–H groups in total. The smallest absolute Gasteiger partial charge is 0.306 e. The quantitative estimate of drug-likeness (QED) is 0.416. The van der Waals surface area contributed by atoms with Crippen LogP contribution in [0.2, 0.25) is 0 Å². The highest BCUT2D eigenvalue weighted by molar-refractivity contribution is 6.02. The second-order valence-corrected chi connectivity index (χ2v) is 7.80. The van der Waals surface area contributed by atoms with Crippen molar-refractivity contribution in [2.45, 2.75) is 46.0 Å². The molecule has 0 unspecified atom stereocenters. The normalized spacial score (nSPS) is 10.6. The number of carbonyl (C=O) groups excluding carboxylic acids is 3. The largest absolute Gasteiger partial charge is 0.456 e. The molecular weight excluding hydrogens is 416 g/mol. The third-order valence-electron chi connectivity index (χ3n) is 5.48. The van der Waals surface area contributed by atoms with E-state index in [0.717, 1.165) is 46.1 Å². The molecule has 0 aliphatic carbocycles. The Kier molecular flexibility index (Phi) is 8.58. The van der Waals surface area contributed by atoms with Gasteiger partial charge in [0.25, 0.3) is 5.91 Å². The van der Waals surface area contributed by atoms with Gasteiger partial charge in [0.1, 0.15) is 0 Å². The molecule has 0 saturated carbocycles. The number of aryl methyl sites for hydroxylation is 2. The van der Waals surface area contributed by atoms with Gasteiger partial charge in [-0.05, 0) is 41.8 Å². The average molecular weight is 447 g/mol. The molecule has 0 aliphatic rings. The molecule has 33 heavy (non-hydrogen) atoms. The number of hydrogen-bond donors (Lipinski definition) is 2. The van der Waals surface area contributed by atoms with Crippen LogP contribution < -0.4 is 10.6 Å². The number of ether oxygens (including phenoxy) is 1. The van der Waals surface area contributed by atoms with Crippen molar-refractivity contribution in [1.82, 2.24) is 0 Å². The molecule has 0 saturated heterocycles.